The molecule has 7 nitrogen and oxygen atoms in total. The van der Waals surface area contributed by atoms with E-state index in [1.807, 2.05) is 12.1 Å². The number of fused-ring (bicyclic) bond motifs is 3. The van der Waals surface area contributed by atoms with Gasteiger partial charge in [0.25, 0.3) is 5.56 Å². The fourth-order valence-electron chi connectivity index (χ4n) is 2.62. The molecule has 0 spiro atoms. The number of hydrogen-bond donors (Lipinski definition) is 2. The Bertz CT molecular complexity index is 1250. The van der Waals surface area contributed by atoms with Crippen LogP contribution in [0.2, 0.25) is 5.02 Å². The smallest absolute Gasteiger partial charge is 0.409 e. The number of furan rings is 1. The third kappa shape index (κ3) is 2.83. The second-order valence-electron chi connectivity index (χ2n) is 5.40. The van der Waals surface area contributed by atoms with Crippen molar-refractivity contribution in [1.29, 1.82) is 0 Å². The van der Waals surface area contributed by atoms with Gasteiger partial charge in [-0.25, -0.2) is 9.78 Å². The van der Waals surface area contributed by atoms with Crippen molar-refractivity contribution >= 4 is 55.7 Å². The van der Waals surface area contributed by atoms with Crippen LogP contribution < -0.4 is 16.0 Å². The first-order valence-corrected chi connectivity index (χ1v) is 8.49. The molecule has 0 aliphatic rings. The largest absolute Gasteiger partial charge is 0.449 e. The van der Waals surface area contributed by atoms with E-state index in [4.69, 9.17) is 26.5 Å². The SMILES string of the molecule is NC(=O)Oc1ccc(-c2nc3c(oc4ccc(Br)cc43)c(=O)[nH]2)c(Cl)c1. The van der Waals surface area contributed by atoms with Crippen molar-refractivity contribution in [2.75, 3.05) is 0 Å². The highest BCUT2D eigenvalue weighted by atomic mass is 79.9. The maximum absolute atomic E-state index is 12.4. The number of H-pyrrole nitrogens is 1. The number of amides is 1. The number of hydrogen-bond acceptors (Lipinski definition) is 5. The van der Waals surface area contributed by atoms with Crippen molar-refractivity contribution in [2.24, 2.45) is 5.73 Å². The number of halogens is 2. The molecular weight excluding hydrogens is 426 g/mol. The summed E-state index contributed by atoms with van der Waals surface area (Å²) in [5.41, 5.74) is 6.13. The molecule has 0 saturated heterocycles. The molecule has 2 heterocycles. The molecule has 0 unspecified atom stereocenters. The zero-order valence-corrected chi connectivity index (χ0v) is 15.2. The van der Waals surface area contributed by atoms with Gasteiger partial charge in [0.1, 0.15) is 22.7 Å². The quantitative estimate of drug-likeness (QED) is 0.491. The average Bonchev–Trinajstić information content (AvgIpc) is 2.93. The van der Waals surface area contributed by atoms with Crippen LogP contribution in [0.25, 0.3) is 33.5 Å². The Labute approximate surface area is 158 Å². The minimum Gasteiger partial charge on any atom is -0.449 e. The van der Waals surface area contributed by atoms with Gasteiger partial charge in [-0.1, -0.05) is 27.5 Å². The summed E-state index contributed by atoms with van der Waals surface area (Å²) in [6.07, 6.45) is -0.947. The Morgan fingerprint density at radius 1 is 1.27 bits per heavy atom. The van der Waals surface area contributed by atoms with Crippen molar-refractivity contribution in [3.05, 3.63) is 56.2 Å². The Morgan fingerprint density at radius 3 is 2.81 bits per heavy atom. The number of aromatic nitrogens is 2. The third-order valence-electron chi connectivity index (χ3n) is 3.70. The molecule has 4 aromatic rings. The van der Waals surface area contributed by atoms with Gasteiger partial charge >= 0.3 is 6.09 Å². The highest BCUT2D eigenvalue weighted by Gasteiger charge is 2.16. The first kappa shape index (κ1) is 16.6. The van der Waals surface area contributed by atoms with Crippen LogP contribution in [0.1, 0.15) is 0 Å². The van der Waals surface area contributed by atoms with Gasteiger partial charge < -0.3 is 19.9 Å². The van der Waals surface area contributed by atoms with Crippen molar-refractivity contribution in [1.82, 2.24) is 9.97 Å². The van der Waals surface area contributed by atoms with Crippen LogP contribution in [-0.4, -0.2) is 16.1 Å². The summed E-state index contributed by atoms with van der Waals surface area (Å²) in [6, 6.07) is 9.87. The topological polar surface area (TPSA) is 111 Å². The molecule has 0 atom stereocenters. The summed E-state index contributed by atoms with van der Waals surface area (Å²) in [5.74, 6) is 0.452. The van der Waals surface area contributed by atoms with E-state index >= 15 is 0 Å². The lowest BCUT2D eigenvalue weighted by Gasteiger charge is -2.06. The van der Waals surface area contributed by atoms with Gasteiger partial charge in [-0.3, -0.25) is 4.79 Å². The zero-order chi connectivity index (χ0) is 18.4. The molecule has 4 rings (SSSR count). The van der Waals surface area contributed by atoms with E-state index in [1.54, 1.807) is 12.1 Å². The molecule has 9 heteroatoms. The minimum absolute atomic E-state index is 0.131. The molecule has 1 amide bonds. The second kappa shape index (κ2) is 6.15. The number of ether oxygens (including phenoxy) is 1. The molecule has 26 heavy (non-hydrogen) atoms. The summed E-state index contributed by atoms with van der Waals surface area (Å²) >= 11 is 9.64. The van der Waals surface area contributed by atoms with Gasteiger partial charge in [0.05, 0.1) is 5.02 Å². The maximum Gasteiger partial charge on any atom is 0.409 e. The summed E-state index contributed by atoms with van der Waals surface area (Å²) in [7, 11) is 0. The highest BCUT2D eigenvalue weighted by Crippen LogP contribution is 2.32. The number of benzene rings is 2. The van der Waals surface area contributed by atoms with E-state index in [1.165, 1.54) is 12.1 Å². The number of rotatable bonds is 2. The van der Waals surface area contributed by atoms with Crippen LogP contribution in [0.5, 0.6) is 5.75 Å². The molecule has 0 fully saturated rings. The van der Waals surface area contributed by atoms with Crippen molar-refractivity contribution < 1.29 is 13.9 Å². The average molecular weight is 435 g/mol. The number of primary amides is 1. The Morgan fingerprint density at radius 2 is 2.08 bits per heavy atom. The molecule has 130 valence electrons. The van der Waals surface area contributed by atoms with Crippen LogP contribution in [-0.2, 0) is 0 Å². The highest BCUT2D eigenvalue weighted by molar-refractivity contribution is 9.10. The van der Waals surface area contributed by atoms with Crippen LogP contribution in [0, 0.1) is 0 Å². The monoisotopic (exact) mass is 433 g/mol. The maximum atomic E-state index is 12.4. The standard InChI is InChI=1S/C17H9BrClN3O4/c18-7-1-4-12-10(5-7)13-14(26-12)16(23)22-15(21-13)9-3-2-8(6-11(9)19)25-17(20)24/h1-6H,(H2,20,24)(H,21,22,23). The first-order chi connectivity index (χ1) is 12.4. The van der Waals surface area contributed by atoms with Gasteiger partial charge in [-0.2, -0.15) is 0 Å². The number of carbonyl (C=O) groups excluding carboxylic acids is 1. The fraction of sp³-hybridized carbons (Fsp3) is 0. The van der Waals surface area contributed by atoms with Gasteiger partial charge in [-0.05, 0) is 30.3 Å². The number of carbonyl (C=O) groups is 1. The van der Waals surface area contributed by atoms with Crippen molar-refractivity contribution in [3.8, 4) is 17.1 Å². The van der Waals surface area contributed by atoms with Gasteiger partial charge in [0, 0.05) is 21.5 Å². The molecule has 3 N–H and O–H groups in total. The Hall–Kier alpha value is -2.84. The summed E-state index contributed by atoms with van der Waals surface area (Å²) < 4.78 is 11.2. The van der Waals surface area contributed by atoms with E-state index in [9.17, 15) is 9.59 Å². The first-order valence-electron chi connectivity index (χ1n) is 7.31. The Balaban J connectivity index is 1.92. The fourth-order valence-corrected chi connectivity index (χ4v) is 3.24. The minimum atomic E-state index is -0.947. The number of nitrogens with one attached hydrogen (secondary N) is 1. The normalized spacial score (nSPS) is 11.2. The van der Waals surface area contributed by atoms with Gasteiger partial charge in [0.2, 0.25) is 5.58 Å². The predicted molar refractivity (Wildman–Crippen MR) is 100 cm³/mol. The van der Waals surface area contributed by atoms with E-state index in [-0.39, 0.29) is 22.2 Å². The predicted octanol–water partition coefficient (Wildman–Crippen LogP) is 4.21. The lowest BCUT2D eigenvalue weighted by molar-refractivity contribution is 0.211. The molecule has 2 aromatic carbocycles. The summed E-state index contributed by atoms with van der Waals surface area (Å²) in [5, 5.41) is 0.937. The Kier molecular flexibility index (Phi) is 3.93. The lowest BCUT2D eigenvalue weighted by Crippen LogP contribution is -2.16. The number of nitrogens with zero attached hydrogens (tertiary/aromatic N) is 1. The van der Waals surface area contributed by atoms with E-state index in [0.717, 1.165) is 4.47 Å². The van der Waals surface area contributed by atoms with Crippen molar-refractivity contribution in [2.45, 2.75) is 0 Å². The molecule has 0 radical (unpaired) electrons. The van der Waals surface area contributed by atoms with E-state index in [0.29, 0.717) is 22.0 Å². The summed E-state index contributed by atoms with van der Waals surface area (Å²) in [4.78, 5) is 30.4. The second-order valence-corrected chi connectivity index (χ2v) is 6.72. The lowest BCUT2D eigenvalue weighted by atomic mass is 10.2. The van der Waals surface area contributed by atoms with Gasteiger partial charge in [0.15, 0.2) is 0 Å². The zero-order valence-electron chi connectivity index (χ0n) is 12.9. The molecule has 0 aliphatic heterocycles. The van der Waals surface area contributed by atoms with Gasteiger partial charge in [-0.15, -0.1) is 0 Å². The summed E-state index contributed by atoms with van der Waals surface area (Å²) in [6.45, 7) is 0. The third-order valence-corrected chi connectivity index (χ3v) is 4.51. The molecule has 0 bridgehead atoms. The number of nitrogens with two attached hydrogens (primary N) is 1. The molecular formula is C17H9BrClN3O4. The molecule has 0 saturated carbocycles. The number of aromatic amines is 1. The van der Waals surface area contributed by atoms with Crippen molar-refractivity contribution in [3.63, 3.8) is 0 Å². The van der Waals surface area contributed by atoms with E-state index in [2.05, 4.69) is 25.9 Å². The van der Waals surface area contributed by atoms with E-state index < -0.39 is 11.7 Å². The van der Waals surface area contributed by atoms with Crippen LogP contribution in [0.15, 0.2) is 50.1 Å². The van der Waals surface area contributed by atoms with Crippen LogP contribution in [0.4, 0.5) is 4.79 Å². The van der Waals surface area contributed by atoms with Crippen LogP contribution in [0.3, 0.4) is 0 Å². The molecule has 0 aliphatic carbocycles. The molecule has 2 aromatic heterocycles. The van der Waals surface area contributed by atoms with Crippen LogP contribution >= 0.6 is 27.5 Å².